The molecule has 0 aromatic heterocycles. The number of benzene rings is 1. The van der Waals surface area contributed by atoms with Crippen LogP contribution in [-0.4, -0.2) is 85.2 Å². The number of halogens is 1. The van der Waals surface area contributed by atoms with E-state index in [0.717, 1.165) is 12.0 Å². The van der Waals surface area contributed by atoms with E-state index in [9.17, 15) is 29.1 Å². The number of amides is 4. The second kappa shape index (κ2) is 16.7. The number of carbonyl (C=O) groups excluding carboxylic acids is 5. The number of ether oxygens (including phenoxy) is 3. The molecule has 0 aliphatic carbocycles. The summed E-state index contributed by atoms with van der Waals surface area (Å²) < 4.78 is 15.3. The molecule has 1 aromatic carbocycles. The largest absolute Gasteiger partial charge is 0.495 e. The maximum absolute atomic E-state index is 13.2. The third-order valence-electron chi connectivity index (χ3n) is 6.13. The van der Waals surface area contributed by atoms with Crippen molar-refractivity contribution in [1.82, 2.24) is 15.5 Å². The Hall–Kier alpha value is -3.68. The van der Waals surface area contributed by atoms with Gasteiger partial charge in [-0.3, -0.25) is 24.1 Å². The number of aliphatic hydroxyl groups is 1. The van der Waals surface area contributed by atoms with Gasteiger partial charge in [0.2, 0.25) is 23.6 Å². The highest BCUT2D eigenvalue weighted by Crippen LogP contribution is 2.35. The normalized spacial score (nSPS) is 13.0. The third-order valence-corrected chi connectivity index (χ3v) is 6.50. The molecule has 0 bridgehead atoms. The maximum Gasteiger partial charge on any atom is 0.354 e. The molecule has 2 atom stereocenters. The molecule has 4 amide bonds. The van der Waals surface area contributed by atoms with Gasteiger partial charge in [-0.05, 0) is 50.5 Å². The fourth-order valence-electron chi connectivity index (χ4n) is 3.94. The van der Waals surface area contributed by atoms with Crippen LogP contribution in [0.15, 0.2) is 17.8 Å². The van der Waals surface area contributed by atoms with Gasteiger partial charge in [0.25, 0.3) is 0 Å². The standard InChI is InChI=1S/C28H41ClN4O9/c1-16(34)33(17(2)35)11-9-8-10-19(30)15-23(36)32-25(28(3,4)39)26(37)31-20(27(38)42-7)12-18-13-21(40-5)24(29)22(14-18)41-6/h12-14,19,25,39H,8-11,15,30H2,1-7H3,(H,31,37)(H,32,36)/b20-12-/t19-,25+/m0/s1. The summed E-state index contributed by atoms with van der Waals surface area (Å²) in [5.41, 5.74) is 4.43. The van der Waals surface area contributed by atoms with Gasteiger partial charge in [0.15, 0.2) is 0 Å². The highest BCUT2D eigenvalue weighted by molar-refractivity contribution is 6.33. The van der Waals surface area contributed by atoms with Crippen LogP contribution in [0.25, 0.3) is 6.08 Å². The first kappa shape index (κ1) is 36.3. The molecule has 0 heterocycles. The number of esters is 1. The minimum absolute atomic E-state index is 0.160. The van der Waals surface area contributed by atoms with Gasteiger partial charge in [0.05, 0.1) is 26.9 Å². The SMILES string of the molecule is COC(=O)/C(=C/c1cc(OC)c(Cl)c(OC)c1)NC(=O)[C@@H](NC(=O)C[C@@H](N)CCCCN(C(C)=O)C(C)=O)C(C)(C)O. The van der Waals surface area contributed by atoms with E-state index in [1.807, 2.05) is 0 Å². The first-order chi connectivity index (χ1) is 19.5. The second-order valence-electron chi connectivity index (χ2n) is 10.1. The summed E-state index contributed by atoms with van der Waals surface area (Å²) in [6, 6.07) is 0.959. The molecular weight excluding hydrogens is 572 g/mol. The van der Waals surface area contributed by atoms with Crippen LogP contribution in [0.5, 0.6) is 11.5 Å². The lowest BCUT2D eigenvalue weighted by molar-refractivity contribution is -0.142. The van der Waals surface area contributed by atoms with Crippen LogP contribution in [0.3, 0.4) is 0 Å². The number of carbonyl (C=O) groups is 5. The monoisotopic (exact) mass is 612 g/mol. The van der Waals surface area contributed by atoms with E-state index in [1.54, 1.807) is 0 Å². The fraction of sp³-hybridized carbons (Fsp3) is 0.536. The van der Waals surface area contributed by atoms with E-state index in [4.69, 9.17) is 31.5 Å². The third kappa shape index (κ3) is 11.3. The van der Waals surface area contributed by atoms with Crippen molar-refractivity contribution < 1.29 is 43.3 Å². The minimum Gasteiger partial charge on any atom is -0.495 e. The zero-order chi connectivity index (χ0) is 32.2. The van der Waals surface area contributed by atoms with Gasteiger partial charge in [-0.15, -0.1) is 0 Å². The average Bonchev–Trinajstić information content (AvgIpc) is 2.90. The molecule has 0 saturated heterocycles. The number of hydrogen-bond acceptors (Lipinski definition) is 10. The van der Waals surface area contributed by atoms with Gasteiger partial charge >= 0.3 is 5.97 Å². The van der Waals surface area contributed by atoms with E-state index in [-0.39, 0.29) is 47.0 Å². The van der Waals surface area contributed by atoms with Crippen molar-refractivity contribution in [2.75, 3.05) is 27.9 Å². The quantitative estimate of drug-likeness (QED) is 0.128. The highest BCUT2D eigenvalue weighted by atomic mass is 35.5. The molecule has 1 rings (SSSR count). The molecule has 13 nitrogen and oxygen atoms in total. The molecule has 0 fully saturated rings. The summed E-state index contributed by atoms with van der Waals surface area (Å²) >= 11 is 6.20. The zero-order valence-corrected chi connectivity index (χ0v) is 25.8. The van der Waals surface area contributed by atoms with Crippen molar-refractivity contribution in [3.8, 4) is 11.5 Å². The van der Waals surface area contributed by atoms with Crippen LogP contribution in [0.2, 0.25) is 5.02 Å². The fourth-order valence-corrected chi connectivity index (χ4v) is 4.20. The summed E-state index contributed by atoms with van der Waals surface area (Å²) in [5.74, 6) is -2.57. The number of rotatable bonds is 15. The van der Waals surface area contributed by atoms with E-state index in [0.29, 0.717) is 24.8 Å². The number of nitrogens with two attached hydrogens (primary N) is 1. The Labute approximate surface area is 250 Å². The molecule has 14 heteroatoms. The van der Waals surface area contributed by atoms with Crippen molar-refractivity contribution >= 4 is 47.3 Å². The van der Waals surface area contributed by atoms with Gasteiger partial charge in [-0.2, -0.15) is 0 Å². The Kier molecular flexibility index (Phi) is 14.4. The van der Waals surface area contributed by atoms with Crippen LogP contribution < -0.4 is 25.8 Å². The van der Waals surface area contributed by atoms with Crippen LogP contribution in [0.1, 0.15) is 58.9 Å². The summed E-state index contributed by atoms with van der Waals surface area (Å²) in [4.78, 5) is 62.6. The summed E-state index contributed by atoms with van der Waals surface area (Å²) in [7, 11) is 3.92. The van der Waals surface area contributed by atoms with Gasteiger partial charge in [-0.25, -0.2) is 4.79 Å². The molecule has 42 heavy (non-hydrogen) atoms. The molecule has 0 aliphatic heterocycles. The Morgan fingerprint density at radius 2 is 1.60 bits per heavy atom. The minimum atomic E-state index is -1.74. The van der Waals surface area contributed by atoms with E-state index in [2.05, 4.69) is 10.6 Å². The van der Waals surface area contributed by atoms with Crippen LogP contribution in [0.4, 0.5) is 0 Å². The van der Waals surface area contributed by atoms with Crippen molar-refractivity contribution in [1.29, 1.82) is 0 Å². The van der Waals surface area contributed by atoms with E-state index >= 15 is 0 Å². The zero-order valence-electron chi connectivity index (χ0n) is 25.0. The topological polar surface area (TPSA) is 187 Å². The van der Waals surface area contributed by atoms with Gasteiger partial charge < -0.3 is 35.7 Å². The van der Waals surface area contributed by atoms with Crippen molar-refractivity contribution in [3.05, 3.63) is 28.4 Å². The lowest BCUT2D eigenvalue weighted by atomic mass is 9.97. The molecule has 0 radical (unpaired) electrons. The first-order valence-electron chi connectivity index (χ1n) is 13.1. The van der Waals surface area contributed by atoms with Crippen molar-refractivity contribution in [3.63, 3.8) is 0 Å². The summed E-state index contributed by atoms with van der Waals surface area (Å²) in [6.07, 6.45) is 2.61. The van der Waals surface area contributed by atoms with E-state index in [1.165, 1.54) is 60.1 Å². The summed E-state index contributed by atoms with van der Waals surface area (Å²) in [5, 5.41) is 15.8. The van der Waals surface area contributed by atoms with Crippen molar-refractivity contribution in [2.24, 2.45) is 5.73 Å². The maximum atomic E-state index is 13.2. The Morgan fingerprint density at radius 1 is 1.05 bits per heavy atom. The Balaban J connectivity index is 2.99. The molecule has 0 saturated carbocycles. The number of unbranched alkanes of at least 4 members (excludes halogenated alkanes) is 1. The Morgan fingerprint density at radius 3 is 2.05 bits per heavy atom. The lowest BCUT2D eigenvalue weighted by Crippen LogP contribution is -2.58. The Bertz CT molecular complexity index is 1140. The number of methoxy groups -OCH3 is 3. The number of nitrogens with one attached hydrogen (secondary N) is 2. The molecule has 234 valence electrons. The van der Waals surface area contributed by atoms with Crippen LogP contribution in [-0.2, 0) is 28.7 Å². The number of imide groups is 1. The highest BCUT2D eigenvalue weighted by Gasteiger charge is 2.36. The molecular formula is C28H41ClN4O9. The number of nitrogens with zero attached hydrogens (tertiary/aromatic N) is 1. The second-order valence-corrected chi connectivity index (χ2v) is 10.5. The predicted molar refractivity (Wildman–Crippen MR) is 155 cm³/mol. The molecule has 0 unspecified atom stereocenters. The van der Waals surface area contributed by atoms with Crippen LogP contribution >= 0.6 is 11.6 Å². The molecule has 0 spiro atoms. The lowest BCUT2D eigenvalue weighted by Gasteiger charge is -2.29. The molecule has 1 aromatic rings. The van der Waals surface area contributed by atoms with Crippen molar-refractivity contribution in [2.45, 2.75) is 71.1 Å². The van der Waals surface area contributed by atoms with E-state index < -0.39 is 35.5 Å². The van der Waals surface area contributed by atoms with Gasteiger partial charge in [0.1, 0.15) is 28.3 Å². The number of hydrogen-bond donors (Lipinski definition) is 4. The first-order valence-corrected chi connectivity index (χ1v) is 13.5. The van der Waals surface area contributed by atoms with Gasteiger partial charge in [0, 0.05) is 32.9 Å². The molecule has 5 N–H and O–H groups in total. The average molecular weight is 613 g/mol. The summed E-state index contributed by atoms with van der Waals surface area (Å²) in [6.45, 7) is 5.51. The predicted octanol–water partition coefficient (Wildman–Crippen LogP) is 1.53. The van der Waals surface area contributed by atoms with Crippen LogP contribution in [0, 0.1) is 0 Å². The molecule has 0 aliphatic rings. The smallest absolute Gasteiger partial charge is 0.354 e. The van der Waals surface area contributed by atoms with Gasteiger partial charge in [-0.1, -0.05) is 18.0 Å².